The van der Waals surface area contributed by atoms with Crippen molar-refractivity contribution in [2.45, 2.75) is 17.9 Å². The van der Waals surface area contributed by atoms with Crippen LogP contribution >= 0.6 is 35.0 Å². The molecule has 0 fully saturated rings. The third-order valence-corrected chi connectivity index (χ3v) is 7.65. The summed E-state index contributed by atoms with van der Waals surface area (Å²) in [5.74, 6) is 2.31. The minimum Gasteiger partial charge on any atom is -0.477 e. The topological polar surface area (TPSA) is 39.9 Å². The van der Waals surface area contributed by atoms with Gasteiger partial charge in [0.25, 0.3) is 0 Å². The molecule has 0 saturated carbocycles. The Morgan fingerprint density at radius 2 is 2.00 bits per heavy atom. The molecule has 0 saturated heterocycles. The van der Waals surface area contributed by atoms with Gasteiger partial charge in [0.15, 0.2) is 0 Å². The van der Waals surface area contributed by atoms with Crippen molar-refractivity contribution in [1.29, 1.82) is 0 Å². The molecule has 4 nitrogen and oxygen atoms in total. The lowest BCUT2D eigenvalue weighted by atomic mass is 9.80. The minimum atomic E-state index is 0.203. The smallest absolute Gasteiger partial charge is 0.220 e. The number of fused-ring (bicyclic) bond motifs is 6. The van der Waals surface area contributed by atoms with Gasteiger partial charge in [0.1, 0.15) is 5.03 Å². The summed E-state index contributed by atoms with van der Waals surface area (Å²) in [7, 11) is 0. The number of benzene rings is 2. The summed E-state index contributed by atoms with van der Waals surface area (Å²) < 4.78 is 8.06. The molecule has 0 N–H and O–H groups in total. The van der Waals surface area contributed by atoms with Crippen LogP contribution < -0.4 is 4.74 Å². The van der Waals surface area contributed by atoms with Crippen molar-refractivity contribution in [2.75, 3.05) is 12.4 Å². The highest BCUT2D eigenvalue weighted by molar-refractivity contribution is 7.99. The highest BCUT2D eigenvalue weighted by atomic mass is 35.5. The van der Waals surface area contributed by atoms with Crippen molar-refractivity contribution in [3.05, 3.63) is 75.4 Å². The third-order valence-electron chi connectivity index (χ3n) is 5.90. The summed E-state index contributed by atoms with van der Waals surface area (Å²) in [5.41, 5.74) is 5.10. The van der Waals surface area contributed by atoms with Crippen LogP contribution in [-0.2, 0) is 0 Å². The van der Waals surface area contributed by atoms with E-state index in [1.807, 2.05) is 30.8 Å². The first-order chi connectivity index (χ1) is 14.6. The Morgan fingerprint density at radius 1 is 1.13 bits per heavy atom. The molecule has 2 aromatic heterocycles. The number of nitrogens with zero attached hydrogens (tertiary/aromatic N) is 3. The highest BCUT2D eigenvalue weighted by Gasteiger charge is 2.41. The lowest BCUT2D eigenvalue weighted by molar-refractivity contribution is 0.205. The van der Waals surface area contributed by atoms with Crippen LogP contribution in [0.15, 0.2) is 53.6 Å². The molecule has 0 unspecified atom stereocenters. The van der Waals surface area contributed by atoms with Gasteiger partial charge in [-0.2, -0.15) is 9.78 Å². The van der Waals surface area contributed by atoms with Gasteiger partial charge >= 0.3 is 0 Å². The van der Waals surface area contributed by atoms with Gasteiger partial charge in [0.05, 0.1) is 28.5 Å². The van der Waals surface area contributed by atoms with Gasteiger partial charge in [-0.3, -0.25) is 0 Å². The number of ether oxygens (including phenoxy) is 1. The van der Waals surface area contributed by atoms with E-state index >= 15 is 0 Å². The van der Waals surface area contributed by atoms with Crippen LogP contribution in [-0.4, -0.2) is 27.1 Å². The quantitative estimate of drug-likeness (QED) is 0.339. The SMILES string of the molecule is Cc1nn(-c2cc(Cl)ccc2Cl)c2c1[C@H]1c3cc4ccccc4nc3SC[C@H]1CO2. The van der Waals surface area contributed by atoms with E-state index in [-0.39, 0.29) is 5.92 Å². The predicted octanol–water partition coefficient (Wildman–Crippen LogP) is 6.28. The molecule has 0 bridgehead atoms. The van der Waals surface area contributed by atoms with E-state index in [1.165, 1.54) is 5.56 Å². The van der Waals surface area contributed by atoms with Gasteiger partial charge in [-0.25, -0.2) is 4.98 Å². The number of aromatic nitrogens is 3. The molecule has 0 amide bonds. The molecule has 7 heteroatoms. The molecule has 4 aromatic rings. The summed E-state index contributed by atoms with van der Waals surface area (Å²) >= 11 is 14.5. The van der Waals surface area contributed by atoms with Gasteiger partial charge in [-0.05, 0) is 42.8 Å². The fourth-order valence-electron chi connectivity index (χ4n) is 4.54. The van der Waals surface area contributed by atoms with Crippen LogP contribution in [0.4, 0.5) is 0 Å². The van der Waals surface area contributed by atoms with Gasteiger partial charge in [0.2, 0.25) is 5.88 Å². The maximum absolute atomic E-state index is 6.48. The van der Waals surface area contributed by atoms with E-state index in [9.17, 15) is 0 Å². The maximum atomic E-state index is 6.48. The molecule has 0 spiro atoms. The fraction of sp³-hybridized carbons (Fsp3) is 0.217. The van der Waals surface area contributed by atoms with Crippen molar-refractivity contribution in [3.8, 4) is 11.6 Å². The van der Waals surface area contributed by atoms with Crippen LogP contribution in [0.25, 0.3) is 16.6 Å². The zero-order valence-corrected chi connectivity index (χ0v) is 18.4. The van der Waals surface area contributed by atoms with Crippen LogP contribution in [0.2, 0.25) is 10.0 Å². The summed E-state index contributed by atoms with van der Waals surface area (Å²) in [6.07, 6.45) is 0. The predicted molar refractivity (Wildman–Crippen MR) is 122 cm³/mol. The molecule has 6 rings (SSSR count). The number of hydrogen-bond acceptors (Lipinski definition) is 4. The third kappa shape index (κ3) is 2.76. The number of rotatable bonds is 1. The second kappa shape index (κ2) is 6.91. The molecule has 2 aromatic carbocycles. The molecule has 0 radical (unpaired) electrons. The van der Waals surface area contributed by atoms with E-state index in [2.05, 4.69) is 24.3 Å². The summed E-state index contributed by atoms with van der Waals surface area (Å²) in [4.78, 5) is 4.96. The first kappa shape index (κ1) is 18.6. The number of aryl methyl sites for hydroxylation is 1. The second-order valence-electron chi connectivity index (χ2n) is 7.75. The van der Waals surface area contributed by atoms with E-state index in [0.717, 1.165) is 44.5 Å². The minimum absolute atomic E-state index is 0.203. The van der Waals surface area contributed by atoms with Crippen LogP contribution in [0, 0.1) is 12.8 Å². The van der Waals surface area contributed by atoms with Crippen molar-refractivity contribution >= 4 is 45.9 Å². The molecule has 0 aliphatic carbocycles. The largest absolute Gasteiger partial charge is 0.477 e. The van der Waals surface area contributed by atoms with Gasteiger partial charge < -0.3 is 4.74 Å². The van der Waals surface area contributed by atoms with Crippen molar-refractivity contribution in [1.82, 2.24) is 14.8 Å². The molecular weight excluding hydrogens is 437 g/mol. The Labute approximate surface area is 188 Å². The summed E-state index contributed by atoms with van der Waals surface area (Å²) in [6, 6.07) is 16.0. The Morgan fingerprint density at radius 3 is 2.90 bits per heavy atom. The molecule has 4 heterocycles. The number of pyridine rings is 1. The van der Waals surface area contributed by atoms with E-state index < -0.39 is 0 Å². The fourth-order valence-corrected chi connectivity index (χ4v) is 6.08. The normalized spacial score (nSPS) is 19.7. The van der Waals surface area contributed by atoms with Crippen molar-refractivity contribution in [2.24, 2.45) is 5.92 Å². The van der Waals surface area contributed by atoms with Gasteiger partial charge in [-0.15, -0.1) is 11.8 Å². The maximum Gasteiger partial charge on any atom is 0.220 e. The molecule has 2 atom stereocenters. The zero-order valence-electron chi connectivity index (χ0n) is 16.1. The molecule has 30 heavy (non-hydrogen) atoms. The van der Waals surface area contributed by atoms with Crippen molar-refractivity contribution in [3.63, 3.8) is 0 Å². The van der Waals surface area contributed by atoms with Crippen LogP contribution in [0.1, 0.15) is 22.7 Å². The molecular formula is C23H17Cl2N3OS. The van der Waals surface area contributed by atoms with Crippen molar-refractivity contribution < 1.29 is 4.74 Å². The lowest BCUT2D eigenvalue weighted by Crippen LogP contribution is -2.32. The summed E-state index contributed by atoms with van der Waals surface area (Å²) in [6.45, 7) is 2.68. The van der Waals surface area contributed by atoms with E-state index in [0.29, 0.717) is 22.6 Å². The lowest BCUT2D eigenvalue weighted by Gasteiger charge is -2.36. The first-order valence-corrected chi connectivity index (χ1v) is 11.5. The Kier molecular flexibility index (Phi) is 4.27. The number of thioether (sulfide) groups is 1. The molecule has 150 valence electrons. The van der Waals surface area contributed by atoms with Gasteiger partial charge in [-0.1, -0.05) is 41.4 Å². The summed E-state index contributed by atoms with van der Waals surface area (Å²) in [5, 5.41) is 8.28. The average molecular weight is 454 g/mol. The number of para-hydroxylation sites is 1. The van der Waals surface area contributed by atoms with Crippen LogP contribution in [0.5, 0.6) is 5.88 Å². The Balaban J connectivity index is 1.57. The number of hydrogen-bond donors (Lipinski definition) is 0. The first-order valence-electron chi connectivity index (χ1n) is 9.80. The average Bonchev–Trinajstić information content (AvgIpc) is 3.10. The monoisotopic (exact) mass is 453 g/mol. The van der Waals surface area contributed by atoms with Crippen LogP contribution in [0.3, 0.4) is 0 Å². The molecule has 2 aliphatic rings. The van der Waals surface area contributed by atoms with E-state index in [4.69, 9.17) is 38.0 Å². The number of halogens is 2. The van der Waals surface area contributed by atoms with E-state index in [1.54, 1.807) is 16.8 Å². The Hall–Kier alpha value is -2.21. The molecule has 2 aliphatic heterocycles. The zero-order chi connectivity index (χ0) is 20.4. The highest BCUT2D eigenvalue weighted by Crippen LogP contribution is 2.51. The second-order valence-corrected chi connectivity index (χ2v) is 9.60. The Bertz CT molecular complexity index is 1320. The van der Waals surface area contributed by atoms with Gasteiger partial charge in [0, 0.05) is 33.6 Å². The standard InChI is InChI=1S/C23H17Cl2N3OS/c1-12-20-21-14(11-30-22-16(21)8-13-4-2-3-5-18(13)26-22)10-29-23(20)28(27-12)19-9-15(24)6-7-17(19)25/h2-9,14,21H,10-11H2,1H3/t14-,21-/m1/s1.